The van der Waals surface area contributed by atoms with Crippen molar-refractivity contribution in [2.45, 2.75) is 6.42 Å². The number of fused-ring (bicyclic) bond motifs is 1. The molecule has 3 rings (SSSR count). The van der Waals surface area contributed by atoms with Gasteiger partial charge in [-0.2, -0.15) is 0 Å². The fourth-order valence-corrected chi connectivity index (χ4v) is 2.37. The Hall–Kier alpha value is -2.68. The minimum atomic E-state index is 0.207. The zero-order chi connectivity index (χ0) is 14.1. The molecule has 0 aliphatic rings. The fraction of sp³-hybridized carbons (Fsp3) is 0.0588. The van der Waals surface area contributed by atoms with Crippen LogP contribution in [0, 0.1) is 0 Å². The molecule has 3 heteroatoms. The van der Waals surface area contributed by atoms with Gasteiger partial charge in [0.25, 0.3) is 0 Å². The molecule has 0 amide bonds. The Balaban J connectivity index is 2.10. The van der Waals surface area contributed by atoms with Crippen molar-refractivity contribution in [3.05, 3.63) is 65.7 Å². The van der Waals surface area contributed by atoms with Crippen LogP contribution in [0.25, 0.3) is 10.8 Å². The fourth-order valence-electron chi connectivity index (χ4n) is 2.37. The van der Waals surface area contributed by atoms with Gasteiger partial charge in [-0.15, -0.1) is 0 Å². The van der Waals surface area contributed by atoms with Gasteiger partial charge < -0.3 is 15.3 Å². The maximum atomic E-state index is 10.1. The SMILES string of the molecule is Oc1ccc(Cc2c(O)ccc3cc(O)ccc23)cc1. The summed E-state index contributed by atoms with van der Waals surface area (Å²) in [7, 11) is 0. The summed E-state index contributed by atoms with van der Waals surface area (Å²) < 4.78 is 0. The van der Waals surface area contributed by atoms with Gasteiger partial charge in [-0.3, -0.25) is 0 Å². The van der Waals surface area contributed by atoms with Crippen LogP contribution in [-0.2, 0) is 6.42 Å². The lowest BCUT2D eigenvalue weighted by molar-refractivity contribution is 0.469. The first-order chi connectivity index (χ1) is 9.63. The number of phenolic OH excluding ortho intramolecular Hbond substituents is 3. The van der Waals surface area contributed by atoms with Crippen LogP contribution >= 0.6 is 0 Å². The Morgan fingerprint density at radius 3 is 2.15 bits per heavy atom. The highest BCUT2D eigenvalue weighted by Crippen LogP contribution is 2.31. The Morgan fingerprint density at radius 2 is 1.40 bits per heavy atom. The van der Waals surface area contributed by atoms with E-state index in [1.807, 2.05) is 12.1 Å². The van der Waals surface area contributed by atoms with E-state index in [0.717, 1.165) is 21.9 Å². The molecule has 0 heterocycles. The van der Waals surface area contributed by atoms with E-state index < -0.39 is 0 Å². The molecule has 0 bridgehead atoms. The van der Waals surface area contributed by atoms with Crippen molar-refractivity contribution < 1.29 is 15.3 Å². The molecular weight excluding hydrogens is 252 g/mol. The van der Waals surface area contributed by atoms with Crippen molar-refractivity contribution in [3.63, 3.8) is 0 Å². The number of benzene rings is 3. The molecule has 100 valence electrons. The predicted octanol–water partition coefficient (Wildman–Crippen LogP) is 3.55. The van der Waals surface area contributed by atoms with Crippen molar-refractivity contribution in [3.8, 4) is 17.2 Å². The van der Waals surface area contributed by atoms with Crippen molar-refractivity contribution in [2.24, 2.45) is 0 Å². The highest BCUT2D eigenvalue weighted by Gasteiger charge is 2.08. The minimum absolute atomic E-state index is 0.207. The molecule has 0 aromatic heterocycles. The average molecular weight is 266 g/mol. The molecule has 0 spiro atoms. The zero-order valence-corrected chi connectivity index (χ0v) is 10.7. The molecule has 0 fully saturated rings. The smallest absolute Gasteiger partial charge is 0.119 e. The average Bonchev–Trinajstić information content (AvgIpc) is 2.44. The molecule has 3 aromatic carbocycles. The summed E-state index contributed by atoms with van der Waals surface area (Å²) in [5.74, 6) is 0.663. The summed E-state index contributed by atoms with van der Waals surface area (Å²) in [4.78, 5) is 0. The summed E-state index contributed by atoms with van der Waals surface area (Å²) in [6, 6.07) is 15.4. The highest BCUT2D eigenvalue weighted by molar-refractivity contribution is 5.89. The second kappa shape index (κ2) is 4.78. The molecule has 0 saturated carbocycles. The van der Waals surface area contributed by atoms with Crippen LogP contribution in [0.5, 0.6) is 17.2 Å². The van der Waals surface area contributed by atoms with Gasteiger partial charge in [-0.05, 0) is 46.7 Å². The first-order valence-electron chi connectivity index (χ1n) is 6.35. The van der Waals surface area contributed by atoms with Crippen molar-refractivity contribution in [1.82, 2.24) is 0 Å². The lowest BCUT2D eigenvalue weighted by atomic mass is 9.97. The number of phenols is 3. The summed E-state index contributed by atoms with van der Waals surface area (Å²) >= 11 is 0. The molecule has 3 nitrogen and oxygen atoms in total. The van der Waals surface area contributed by atoms with E-state index in [1.165, 1.54) is 0 Å². The third-order valence-electron chi connectivity index (χ3n) is 3.41. The Labute approximate surface area is 116 Å². The van der Waals surface area contributed by atoms with Gasteiger partial charge in [0.15, 0.2) is 0 Å². The molecule has 0 saturated heterocycles. The molecule has 0 unspecified atom stereocenters. The van der Waals surface area contributed by atoms with Crippen molar-refractivity contribution in [1.29, 1.82) is 0 Å². The van der Waals surface area contributed by atoms with Crippen molar-refractivity contribution >= 4 is 10.8 Å². The minimum Gasteiger partial charge on any atom is -0.508 e. The monoisotopic (exact) mass is 266 g/mol. The van der Waals surface area contributed by atoms with Gasteiger partial charge in [0, 0.05) is 12.0 Å². The molecule has 0 radical (unpaired) electrons. The second-order valence-corrected chi connectivity index (χ2v) is 4.81. The summed E-state index contributed by atoms with van der Waals surface area (Å²) in [5.41, 5.74) is 1.81. The number of aromatic hydroxyl groups is 3. The number of rotatable bonds is 2. The number of hydrogen-bond donors (Lipinski definition) is 3. The van der Waals surface area contributed by atoms with Gasteiger partial charge in [0.05, 0.1) is 0 Å². The first-order valence-corrected chi connectivity index (χ1v) is 6.35. The Bertz CT molecular complexity index is 761. The molecule has 0 aliphatic carbocycles. The van der Waals surface area contributed by atoms with Crippen LogP contribution < -0.4 is 0 Å². The first kappa shape index (κ1) is 12.4. The van der Waals surface area contributed by atoms with Crippen LogP contribution in [0.3, 0.4) is 0 Å². The zero-order valence-electron chi connectivity index (χ0n) is 10.7. The van der Waals surface area contributed by atoms with E-state index >= 15 is 0 Å². The highest BCUT2D eigenvalue weighted by atomic mass is 16.3. The van der Waals surface area contributed by atoms with Crippen LogP contribution in [-0.4, -0.2) is 15.3 Å². The predicted molar refractivity (Wildman–Crippen MR) is 78.2 cm³/mol. The summed E-state index contributed by atoms with van der Waals surface area (Å²) in [6.07, 6.45) is 0.564. The van der Waals surface area contributed by atoms with Crippen LogP contribution in [0.2, 0.25) is 0 Å². The van der Waals surface area contributed by atoms with Crippen LogP contribution in [0.15, 0.2) is 54.6 Å². The second-order valence-electron chi connectivity index (χ2n) is 4.81. The Kier molecular flexibility index (Phi) is 2.95. The number of hydrogen-bond acceptors (Lipinski definition) is 3. The van der Waals surface area contributed by atoms with E-state index in [1.54, 1.807) is 42.5 Å². The quantitative estimate of drug-likeness (QED) is 0.664. The lowest BCUT2D eigenvalue weighted by Crippen LogP contribution is -1.91. The molecule has 20 heavy (non-hydrogen) atoms. The van der Waals surface area contributed by atoms with Gasteiger partial charge in [0.2, 0.25) is 0 Å². The van der Waals surface area contributed by atoms with Gasteiger partial charge in [-0.25, -0.2) is 0 Å². The third-order valence-corrected chi connectivity index (χ3v) is 3.41. The Morgan fingerprint density at radius 1 is 0.700 bits per heavy atom. The topological polar surface area (TPSA) is 60.7 Å². The molecular formula is C17H14O3. The van der Waals surface area contributed by atoms with Crippen molar-refractivity contribution in [2.75, 3.05) is 0 Å². The standard InChI is InChI=1S/C17H14O3/c18-13-4-1-11(2-5-13)9-16-15-7-6-14(19)10-12(15)3-8-17(16)20/h1-8,10,18-20H,9H2. The van der Waals surface area contributed by atoms with Gasteiger partial charge in [0.1, 0.15) is 17.2 Å². The maximum Gasteiger partial charge on any atom is 0.119 e. The van der Waals surface area contributed by atoms with E-state index in [-0.39, 0.29) is 17.2 Å². The normalized spacial score (nSPS) is 10.8. The van der Waals surface area contributed by atoms with Crippen LogP contribution in [0.4, 0.5) is 0 Å². The maximum absolute atomic E-state index is 10.1. The van der Waals surface area contributed by atoms with Gasteiger partial charge in [-0.1, -0.05) is 24.3 Å². The van der Waals surface area contributed by atoms with E-state index in [4.69, 9.17) is 0 Å². The third kappa shape index (κ3) is 2.26. The van der Waals surface area contributed by atoms with Crippen LogP contribution in [0.1, 0.15) is 11.1 Å². The molecule has 0 aliphatic heterocycles. The molecule has 3 aromatic rings. The van der Waals surface area contributed by atoms with E-state index in [9.17, 15) is 15.3 Å². The summed E-state index contributed by atoms with van der Waals surface area (Å²) in [5, 5.41) is 30.7. The lowest BCUT2D eigenvalue weighted by Gasteiger charge is -2.10. The molecule has 0 atom stereocenters. The van der Waals surface area contributed by atoms with Gasteiger partial charge >= 0.3 is 0 Å². The van der Waals surface area contributed by atoms with E-state index in [2.05, 4.69) is 0 Å². The molecule has 3 N–H and O–H groups in total. The largest absolute Gasteiger partial charge is 0.508 e. The van der Waals surface area contributed by atoms with E-state index in [0.29, 0.717) is 6.42 Å². The summed E-state index contributed by atoms with van der Waals surface area (Å²) in [6.45, 7) is 0.